The molecule has 3 nitrogen and oxygen atoms in total. The number of benzene rings is 1. The smallest absolute Gasteiger partial charge is 0.254 e. The van der Waals surface area contributed by atoms with Gasteiger partial charge in [-0.1, -0.05) is 31.4 Å². The fourth-order valence-corrected chi connectivity index (χ4v) is 3.34. The highest BCUT2D eigenvalue weighted by molar-refractivity contribution is 5.93. The first kappa shape index (κ1) is 14.8. The Kier molecular flexibility index (Phi) is 4.27. The zero-order chi connectivity index (χ0) is 15.4. The third-order valence-electron chi connectivity index (χ3n) is 4.64. The molecule has 0 atom stereocenters. The SMILES string of the molecule is O=C(NCC1(c2ccc(F)cc2)CCCCC1)c1ccoc1. The summed E-state index contributed by atoms with van der Waals surface area (Å²) < 4.78 is 18.1. The molecule has 0 unspecified atom stereocenters. The highest BCUT2D eigenvalue weighted by atomic mass is 19.1. The summed E-state index contributed by atoms with van der Waals surface area (Å²) in [6, 6.07) is 8.36. The Morgan fingerprint density at radius 2 is 1.86 bits per heavy atom. The molecule has 0 aliphatic heterocycles. The summed E-state index contributed by atoms with van der Waals surface area (Å²) in [7, 11) is 0. The molecular weight excluding hydrogens is 281 g/mol. The van der Waals surface area contributed by atoms with Crippen molar-refractivity contribution in [3.05, 3.63) is 59.8 Å². The van der Waals surface area contributed by atoms with Gasteiger partial charge in [0.15, 0.2) is 0 Å². The summed E-state index contributed by atoms with van der Waals surface area (Å²) in [4.78, 5) is 12.1. The molecule has 1 N–H and O–H groups in total. The van der Waals surface area contributed by atoms with Crippen LogP contribution in [0.25, 0.3) is 0 Å². The van der Waals surface area contributed by atoms with E-state index in [1.165, 1.54) is 31.1 Å². The highest BCUT2D eigenvalue weighted by Crippen LogP contribution is 2.39. The molecular formula is C18H20FNO2. The Balaban J connectivity index is 1.77. The lowest BCUT2D eigenvalue weighted by Gasteiger charge is -2.38. The van der Waals surface area contributed by atoms with E-state index in [2.05, 4.69) is 5.32 Å². The molecule has 1 heterocycles. The number of carbonyl (C=O) groups excluding carboxylic acids is 1. The van der Waals surface area contributed by atoms with Gasteiger partial charge in [-0.25, -0.2) is 4.39 Å². The number of amides is 1. The molecule has 1 fully saturated rings. The number of nitrogens with one attached hydrogen (secondary N) is 1. The second kappa shape index (κ2) is 6.34. The number of furan rings is 1. The monoisotopic (exact) mass is 301 g/mol. The number of hydrogen-bond donors (Lipinski definition) is 1. The van der Waals surface area contributed by atoms with Crippen molar-refractivity contribution in [1.82, 2.24) is 5.32 Å². The average Bonchev–Trinajstić information content (AvgIpc) is 3.09. The second-order valence-electron chi connectivity index (χ2n) is 6.04. The molecule has 3 rings (SSSR count). The summed E-state index contributed by atoms with van der Waals surface area (Å²) >= 11 is 0. The molecule has 1 aliphatic rings. The van der Waals surface area contributed by atoms with Crippen LogP contribution in [0.15, 0.2) is 47.3 Å². The molecule has 0 saturated heterocycles. The first-order valence-corrected chi connectivity index (χ1v) is 7.76. The Morgan fingerprint density at radius 3 is 2.50 bits per heavy atom. The largest absolute Gasteiger partial charge is 0.472 e. The molecule has 1 aromatic heterocycles. The number of rotatable bonds is 4. The van der Waals surface area contributed by atoms with Gasteiger partial charge in [-0.3, -0.25) is 4.79 Å². The molecule has 1 aliphatic carbocycles. The molecule has 0 bridgehead atoms. The van der Waals surface area contributed by atoms with E-state index >= 15 is 0 Å². The lowest BCUT2D eigenvalue weighted by molar-refractivity contribution is 0.0936. The summed E-state index contributed by atoms with van der Waals surface area (Å²) in [5.41, 5.74) is 1.55. The maximum absolute atomic E-state index is 13.2. The summed E-state index contributed by atoms with van der Waals surface area (Å²) in [6.45, 7) is 0.572. The predicted molar refractivity (Wildman–Crippen MR) is 82.2 cm³/mol. The fourth-order valence-electron chi connectivity index (χ4n) is 3.34. The van der Waals surface area contributed by atoms with E-state index in [0.29, 0.717) is 12.1 Å². The zero-order valence-corrected chi connectivity index (χ0v) is 12.5. The maximum atomic E-state index is 13.2. The van der Waals surface area contributed by atoms with Gasteiger partial charge in [0.05, 0.1) is 11.8 Å². The van der Waals surface area contributed by atoms with E-state index in [9.17, 15) is 9.18 Å². The van der Waals surface area contributed by atoms with E-state index in [1.54, 1.807) is 6.07 Å². The second-order valence-corrected chi connectivity index (χ2v) is 6.04. The van der Waals surface area contributed by atoms with Crippen molar-refractivity contribution >= 4 is 5.91 Å². The standard InChI is InChI=1S/C18H20FNO2/c19-16-6-4-15(5-7-16)18(9-2-1-3-10-18)13-20-17(21)14-8-11-22-12-14/h4-8,11-12H,1-3,9-10,13H2,(H,20,21). The molecule has 0 radical (unpaired) electrons. The molecule has 22 heavy (non-hydrogen) atoms. The van der Waals surface area contributed by atoms with Crippen molar-refractivity contribution in [3.8, 4) is 0 Å². The Morgan fingerprint density at radius 1 is 1.14 bits per heavy atom. The lowest BCUT2D eigenvalue weighted by Crippen LogP contribution is -2.42. The van der Waals surface area contributed by atoms with Crippen LogP contribution in [0.1, 0.15) is 48.0 Å². The molecule has 0 spiro atoms. The van der Waals surface area contributed by atoms with Crippen LogP contribution in [-0.2, 0) is 5.41 Å². The van der Waals surface area contributed by atoms with E-state index in [1.807, 2.05) is 12.1 Å². The summed E-state index contributed by atoms with van der Waals surface area (Å²) in [5.74, 6) is -0.349. The quantitative estimate of drug-likeness (QED) is 0.925. The zero-order valence-electron chi connectivity index (χ0n) is 12.5. The minimum Gasteiger partial charge on any atom is -0.472 e. The average molecular weight is 301 g/mol. The molecule has 2 aromatic rings. The van der Waals surface area contributed by atoms with Crippen LogP contribution >= 0.6 is 0 Å². The highest BCUT2D eigenvalue weighted by Gasteiger charge is 2.34. The van der Waals surface area contributed by atoms with Gasteiger partial charge in [-0.05, 0) is 36.6 Å². The molecule has 4 heteroatoms. The van der Waals surface area contributed by atoms with Gasteiger partial charge in [0.25, 0.3) is 5.91 Å². The molecule has 1 aromatic carbocycles. The molecule has 116 valence electrons. The van der Waals surface area contributed by atoms with Crippen LogP contribution in [0, 0.1) is 5.82 Å². The van der Waals surface area contributed by atoms with Gasteiger partial charge < -0.3 is 9.73 Å². The number of halogens is 1. The van der Waals surface area contributed by atoms with Gasteiger partial charge in [0, 0.05) is 12.0 Å². The van der Waals surface area contributed by atoms with Gasteiger partial charge >= 0.3 is 0 Å². The Bertz CT molecular complexity index is 613. The van der Waals surface area contributed by atoms with E-state index in [-0.39, 0.29) is 17.1 Å². The summed E-state index contributed by atoms with van der Waals surface area (Å²) in [5, 5.41) is 3.02. The summed E-state index contributed by atoms with van der Waals surface area (Å²) in [6.07, 6.45) is 8.47. The molecule has 1 saturated carbocycles. The normalized spacial score (nSPS) is 17.1. The van der Waals surface area contributed by atoms with Crippen molar-refractivity contribution < 1.29 is 13.6 Å². The van der Waals surface area contributed by atoms with Crippen LogP contribution < -0.4 is 5.32 Å². The number of hydrogen-bond acceptors (Lipinski definition) is 2. The van der Waals surface area contributed by atoms with Gasteiger partial charge in [0.2, 0.25) is 0 Å². The van der Waals surface area contributed by atoms with Crippen molar-refractivity contribution in [2.45, 2.75) is 37.5 Å². The van der Waals surface area contributed by atoms with Gasteiger partial charge in [-0.2, -0.15) is 0 Å². The van der Waals surface area contributed by atoms with Crippen LogP contribution in [0.3, 0.4) is 0 Å². The van der Waals surface area contributed by atoms with E-state index in [0.717, 1.165) is 31.2 Å². The first-order chi connectivity index (χ1) is 10.7. The molecule has 1 amide bonds. The number of carbonyl (C=O) groups is 1. The van der Waals surface area contributed by atoms with Gasteiger partial charge in [-0.15, -0.1) is 0 Å². The third-order valence-corrected chi connectivity index (χ3v) is 4.64. The van der Waals surface area contributed by atoms with Gasteiger partial charge in [0.1, 0.15) is 12.1 Å². The van der Waals surface area contributed by atoms with Crippen molar-refractivity contribution in [2.24, 2.45) is 0 Å². The van der Waals surface area contributed by atoms with Crippen LogP contribution in [0.2, 0.25) is 0 Å². The van der Waals surface area contributed by atoms with E-state index < -0.39 is 0 Å². The van der Waals surface area contributed by atoms with Crippen molar-refractivity contribution in [2.75, 3.05) is 6.54 Å². The third kappa shape index (κ3) is 3.06. The van der Waals surface area contributed by atoms with E-state index in [4.69, 9.17) is 4.42 Å². The Hall–Kier alpha value is -2.10. The van der Waals surface area contributed by atoms with Crippen molar-refractivity contribution in [1.29, 1.82) is 0 Å². The van der Waals surface area contributed by atoms with Crippen LogP contribution in [0.4, 0.5) is 4.39 Å². The predicted octanol–water partition coefficient (Wildman–Crippen LogP) is 4.05. The minimum atomic E-state index is -0.225. The van der Waals surface area contributed by atoms with Crippen LogP contribution in [0.5, 0.6) is 0 Å². The maximum Gasteiger partial charge on any atom is 0.254 e. The van der Waals surface area contributed by atoms with Crippen LogP contribution in [-0.4, -0.2) is 12.5 Å². The Labute approximate surface area is 129 Å². The topological polar surface area (TPSA) is 42.2 Å². The minimum absolute atomic E-state index is 0.0919. The van der Waals surface area contributed by atoms with Crippen molar-refractivity contribution in [3.63, 3.8) is 0 Å². The lowest BCUT2D eigenvalue weighted by atomic mass is 9.69. The first-order valence-electron chi connectivity index (χ1n) is 7.76. The fraction of sp³-hybridized carbons (Fsp3) is 0.389.